The Labute approximate surface area is 237 Å². The molecule has 3 N–H and O–H groups in total. The lowest BCUT2D eigenvalue weighted by Crippen LogP contribution is -2.65. The van der Waals surface area contributed by atoms with Crippen LogP contribution in [0.4, 0.5) is 0 Å². The Morgan fingerprint density at radius 2 is 1.65 bits per heavy atom. The van der Waals surface area contributed by atoms with Gasteiger partial charge in [-0.15, -0.1) is 0 Å². The van der Waals surface area contributed by atoms with Crippen molar-refractivity contribution in [2.24, 2.45) is 39.4 Å². The molecule has 4 aliphatic carbocycles. The van der Waals surface area contributed by atoms with Gasteiger partial charge in [-0.25, -0.2) is 0 Å². The molecule has 0 aromatic heterocycles. The van der Waals surface area contributed by atoms with Crippen LogP contribution >= 0.6 is 0 Å². The van der Waals surface area contributed by atoms with E-state index in [2.05, 4.69) is 13.0 Å². The molecule has 224 valence electrons. The Morgan fingerprint density at radius 1 is 1.05 bits per heavy atom. The van der Waals surface area contributed by atoms with Crippen molar-refractivity contribution >= 4 is 23.3 Å². The molecule has 3 saturated carbocycles. The van der Waals surface area contributed by atoms with Gasteiger partial charge in [-0.05, 0) is 62.7 Å². The van der Waals surface area contributed by atoms with Crippen molar-refractivity contribution < 1.29 is 39.2 Å². The molecule has 0 aromatic rings. The predicted octanol–water partition coefficient (Wildman–Crippen LogP) is 3.72. The van der Waals surface area contributed by atoms with Crippen LogP contribution in [0.1, 0.15) is 101 Å². The van der Waals surface area contributed by atoms with Crippen molar-refractivity contribution in [3.8, 4) is 0 Å². The van der Waals surface area contributed by atoms with Gasteiger partial charge in [0.15, 0.2) is 11.6 Å². The first-order chi connectivity index (χ1) is 18.1. The van der Waals surface area contributed by atoms with E-state index in [-0.39, 0.29) is 49.1 Å². The molecule has 0 amide bonds. The lowest BCUT2D eigenvalue weighted by atomic mass is 9.38. The summed E-state index contributed by atoms with van der Waals surface area (Å²) in [7, 11) is 0. The van der Waals surface area contributed by atoms with E-state index in [0.717, 1.165) is 5.57 Å². The molecule has 8 heteroatoms. The maximum atomic E-state index is 14.3. The van der Waals surface area contributed by atoms with E-state index in [1.54, 1.807) is 13.8 Å². The van der Waals surface area contributed by atoms with Gasteiger partial charge in [0.25, 0.3) is 0 Å². The average Bonchev–Trinajstić information content (AvgIpc) is 3.01. The summed E-state index contributed by atoms with van der Waals surface area (Å²) in [5, 5.41) is 34.0. The number of fused-ring (bicyclic) bond motifs is 5. The number of aliphatic hydroxyl groups excluding tert-OH is 2. The highest BCUT2D eigenvalue weighted by Gasteiger charge is 2.74. The van der Waals surface area contributed by atoms with Crippen molar-refractivity contribution in [1.82, 2.24) is 0 Å². The molecule has 0 aliphatic heterocycles. The molecule has 0 radical (unpaired) electrons. The molecule has 0 heterocycles. The zero-order valence-electron chi connectivity index (χ0n) is 25.6. The predicted molar refractivity (Wildman–Crippen MR) is 148 cm³/mol. The third-order valence-electron chi connectivity index (χ3n) is 12.0. The molecule has 8 nitrogen and oxygen atoms in total. The van der Waals surface area contributed by atoms with Crippen LogP contribution in [0, 0.1) is 39.4 Å². The van der Waals surface area contributed by atoms with Gasteiger partial charge in [0.1, 0.15) is 23.1 Å². The fourth-order valence-electron chi connectivity index (χ4n) is 9.63. The number of hydrogen-bond acceptors (Lipinski definition) is 8. The number of hydrogen-bond donors (Lipinski definition) is 3. The first-order valence-electron chi connectivity index (χ1n) is 14.7. The quantitative estimate of drug-likeness (QED) is 0.330. The number of Topliss-reactive ketones (excluding diaryl/α,β-unsaturated/α-hetero) is 3. The smallest absolute Gasteiger partial charge is 0.303 e. The summed E-state index contributed by atoms with van der Waals surface area (Å²) in [6, 6.07) is 0. The second kappa shape index (κ2) is 9.30. The van der Waals surface area contributed by atoms with Crippen LogP contribution in [0.3, 0.4) is 0 Å². The number of rotatable bonds is 6. The highest BCUT2D eigenvalue weighted by Crippen LogP contribution is 2.74. The van der Waals surface area contributed by atoms with Gasteiger partial charge in [-0.2, -0.15) is 0 Å². The summed E-state index contributed by atoms with van der Waals surface area (Å²) >= 11 is 0. The summed E-state index contributed by atoms with van der Waals surface area (Å²) in [6.45, 7) is 15.8. The number of allylic oxidation sites excluding steroid dienone is 1. The van der Waals surface area contributed by atoms with Crippen LogP contribution in [-0.2, 0) is 23.9 Å². The molecule has 0 bridgehead atoms. The molecule has 0 spiro atoms. The fourth-order valence-corrected chi connectivity index (χ4v) is 9.63. The van der Waals surface area contributed by atoms with Crippen molar-refractivity contribution in [1.29, 1.82) is 0 Å². The van der Waals surface area contributed by atoms with Crippen LogP contribution < -0.4 is 0 Å². The van der Waals surface area contributed by atoms with Crippen molar-refractivity contribution in [3.05, 3.63) is 11.6 Å². The van der Waals surface area contributed by atoms with E-state index in [0.29, 0.717) is 12.8 Å². The number of ether oxygens (including phenoxy) is 1. The Morgan fingerprint density at radius 3 is 2.23 bits per heavy atom. The van der Waals surface area contributed by atoms with Crippen LogP contribution in [0.2, 0.25) is 0 Å². The normalized spacial score (nSPS) is 42.2. The topological polar surface area (TPSA) is 138 Å². The minimum Gasteiger partial charge on any atom is -0.460 e. The Balaban J connectivity index is 1.70. The summed E-state index contributed by atoms with van der Waals surface area (Å²) in [5.74, 6) is -2.62. The fraction of sp³-hybridized carbons (Fsp3) is 0.812. The second-order valence-electron chi connectivity index (χ2n) is 15.2. The van der Waals surface area contributed by atoms with Gasteiger partial charge in [0.05, 0.1) is 6.10 Å². The number of carbonyl (C=O) groups is 4. The van der Waals surface area contributed by atoms with Crippen LogP contribution in [0.5, 0.6) is 0 Å². The van der Waals surface area contributed by atoms with Crippen molar-refractivity contribution in [3.63, 3.8) is 0 Å². The molecule has 9 atom stereocenters. The van der Waals surface area contributed by atoms with Gasteiger partial charge >= 0.3 is 5.97 Å². The highest BCUT2D eigenvalue weighted by molar-refractivity contribution is 5.93. The number of carbonyl (C=O) groups excluding carboxylic acids is 4. The minimum atomic E-state index is -1.91. The zero-order valence-corrected chi connectivity index (χ0v) is 25.6. The summed E-state index contributed by atoms with van der Waals surface area (Å²) in [4.78, 5) is 52.2. The van der Waals surface area contributed by atoms with E-state index < -0.39 is 62.7 Å². The molecular weight excluding hydrogens is 512 g/mol. The third kappa shape index (κ3) is 4.18. The highest BCUT2D eigenvalue weighted by atomic mass is 16.6. The standard InChI is InChI=1S/C32H48O8/c1-17(33)40-27(2,3)13-12-23(36)32(9,39)25-21(35)15-29(6)22-11-10-18-19(14-20(34)26(38)28(18,4)5)31(22,8)24(37)16-30(25,29)7/h10,19,21-22,25-26,35,38-39H,11-16H2,1-9H3/t19-,21-,22-,25+,26-,29+,30+,31+,32+/m1/s1. The SMILES string of the molecule is CC(=O)OC(C)(C)CCC(=O)[C@](C)(O)[C@H]1[C@H](O)C[C@@]2(C)[C@H]3CC=C4[C@@H](CC(=O)[C@@H](O)C4(C)C)[C@]3(C)C(=O)C[C@@]12C. The molecule has 3 fully saturated rings. The zero-order chi connectivity index (χ0) is 30.4. The van der Waals surface area contributed by atoms with E-state index in [4.69, 9.17) is 4.74 Å². The van der Waals surface area contributed by atoms with Gasteiger partial charge in [0.2, 0.25) is 0 Å². The van der Waals surface area contributed by atoms with Crippen LogP contribution in [-0.4, -0.2) is 62.0 Å². The number of ketones is 3. The van der Waals surface area contributed by atoms with Crippen molar-refractivity contribution in [2.45, 2.75) is 124 Å². The maximum absolute atomic E-state index is 14.3. The van der Waals surface area contributed by atoms with E-state index in [1.165, 1.54) is 13.8 Å². The summed E-state index contributed by atoms with van der Waals surface area (Å²) in [5.41, 5.74) is -4.98. The Hall–Kier alpha value is -1.90. The van der Waals surface area contributed by atoms with Gasteiger partial charge < -0.3 is 20.1 Å². The Kier molecular flexibility index (Phi) is 7.22. The number of aliphatic hydroxyl groups is 3. The van der Waals surface area contributed by atoms with E-state index >= 15 is 0 Å². The monoisotopic (exact) mass is 560 g/mol. The van der Waals surface area contributed by atoms with E-state index in [9.17, 15) is 34.5 Å². The van der Waals surface area contributed by atoms with Gasteiger partial charge in [-0.3, -0.25) is 19.2 Å². The number of esters is 1. The summed E-state index contributed by atoms with van der Waals surface area (Å²) < 4.78 is 5.31. The molecule has 0 saturated heterocycles. The van der Waals surface area contributed by atoms with Gasteiger partial charge in [0, 0.05) is 42.9 Å². The third-order valence-corrected chi connectivity index (χ3v) is 12.0. The molecule has 4 rings (SSSR count). The Bertz CT molecular complexity index is 1160. The molecule has 0 aromatic carbocycles. The minimum absolute atomic E-state index is 0.0218. The molecule has 40 heavy (non-hydrogen) atoms. The van der Waals surface area contributed by atoms with Crippen LogP contribution in [0.15, 0.2) is 11.6 Å². The van der Waals surface area contributed by atoms with Crippen molar-refractivity contribution in [2.75, 3.05) is 0 Å². The molecule has 0 unspecified atom stereocenters. The second-order valence-corrected chi connectivity index (χ2v) is 15.2. The first-order valence-corrected chi connectivity index (χ1v) is 14.7. The van der Waals surface area contributed by atoms with Crippen LogP contribution in [0.25, 0.3) is 0 Å². The van der Waals surface area contributed by atoms with E-state index in [1.807, 2.05) is 27.7 Å². The lowest BCUT2D eigenvalue weighted by Gasteiger charge is -2.64. The maximum Gasteiger partial charge on any atom is 0.303 e. The lowest BCUT2D eigenvalue weighted by molar-refractivity contribution is -0.184. The summed E-state index contributed by atoms with van der Waals surface area (Å²) in [6.07, 6.45) is 1.17. The molecule has 4 aliphatic rings. The molecular formula is C32H48O8. The van der Waals surface area contributed by atoms with Gasteiger partial charge in [-0.1, -0.05) is 46.3 Å². The largest absolute Gasteiger partial charge is 0.460 e. The average molecular weight is 561 g/mol. The first kappa shape index (κ1) is 31.0.